The number of nitrogens with one attached hydrogen (secondary N) is 1. The summed E-state index contributed by atoms with van der Waals surface area (Å²) in [5.74, 6) is 1.46. The minimum Gasteiger partial charge on any atom is -0.497 e. The second-order valence-electron chi connectivity index (χ2n) is 13.5. The first-order valence-corrected chi connectivity index (χ1v) is 16.5. The molecule has 4 atom stereocenters. The highest BCUT2D eigenvalue weighted by molar-refractivity contribution is 5.83. The van der Waals surface area contributed by atoms with Crippen LogP contribution < -0.4 is 25.4 Å². The van der Waals surface area contributed by atoms with Crippen molar-refractivity contribution in [2.24, 2.45) is 17.1 Å². The number of methoxy groups -OCH3 is 2. The number of hydrogen-bond acceptors (Lipinski definition) is 8. The van der Waals surface area contributed by atoms with E-state index in [-0.39, 0.29) is 35.8 Å². The maximum Gasteiger partial charge on any atom is 0.240 e. The largest absolute Gasteiger partial charge is 0.497 e. The molecular formula is C36H54N4O6. The average Bonchev–Trinajstić information content (AvgIpc) is 3.06. The van der Waals surface area contributed by atoms with Crippen molar-refractivity contribution in [3.63, 3.8) is 0 Å². The Balaban J connectivity index is 1.64. The van der Waals surface area contributed by atoms with Crippen molar-refractivity contribution in [2.75, 3.05) is 59.0 Å². The van der Waals surface area contributed by atoms with Gasteiger partial charge in [-0.15, -0.1) is 0 Å². The lowest BCUT2D eigenvalue weighted by atomic mass is 9.76. The zero-order valence-electron chi connectivity index (χ0n) is 28.7. The molecule has 2 aliphatic rings. The molecule has 2 heterocycles. The molecule has 0 aromatic heterocycles. The molecule has 4 rings (SSSR count). The summed E-state index contributed by atoms with van der Waals surface area (Å²) in [6, 6.07) is 13.5. The lowest BCUT2D eigenvalue weighted by Gasteiger charge is -2.47. The van der Waals surface area contributed by atoms with Gasteiger partial charge in [0.15, 0.2) is 0 Å². The summed E-state index contributed by atoms with van der Waals surface area (Å²) in [5, 5.41) is 2.80. The van der Waals surface area contributed by atoms with E-state index in [1.807, 2.05) is 50.8 Å². The van der Waals surface area contributed by atoms with Gasteiger partial charge in [-0.1, -0.05) is 45.9 Å². The number of benzene rings is 2. The zero-order valence-corrected chi connectivity index (χ0v) is 28.7. The minimum absolute atomic E-state index is 0.0118. The van der Waals surface area contributed by atoms with E-state index in [0.29, 0.717) is 39.2 Å². The molecule has 2 amide bonds. The Labute approximate surface area is 274 Å². The van der Waals surface area contributed by atoms with Gasteiger partial charge in [0.25, 0.3) is 0 Å². The fourth-order valence-corrected chi connectivity index (χ4v) is 6.62. The number of rotatable bonds is 14. The maximum absolute atomic E-state index is 13.9. The summed E-state index contributed by atoms with van der Waals surface area (Å²) < 4.78 is 23.4. The van der Waals surface area contributed by atoms with Gasteiger partial charge in [0.05, 0.1) is 38.1 Å². The number of hydrogen-bond donors (Lipinski definition) is 2. The quantitative estimate of drug-likeness (QED) is 0.294. The zero-order chi connectivity index (χ0) is 33.4. The third-order valence-corrected chi connectivity index (χ3v) is 9.43. The Bertz CT molecular complexity index is 1300. The highest BCUT2D eigenvalue weighted by Crippen LogP contribution is 2.40. The number of fused-ring (bicyclic) bond motifs is 1. The van der Waals surface area contributed by atoms with Crippen molar-refractivity contribution < 1.29 is 28.5 Å². The summed E-state index contributed by atoms with van der Waals surface area (Å²) >= 11 is 0. The lowest BCUT2D eigenvalue weighted by Crippen LogP contribution is -2.58. The number of amides is 2. The average molecular weight is 639 g/mol. The first-order valence-electron chi connectivity index (χ1n) is 16.5. The molecular weight excluding hydrogens is 584 g/mol. The Hall–Kier alpha value is -3.34. The van der Waals surface area contributed by atoms with E-state index >= 15 is 0 Å². The Kier molecular flexibility index (Phi) is 12.3. The summed E-state index contributed by atoms with van der Waals surface area (Å²) in [6.45, 7) is 11.6. The molecule has 0 spiro atoms. The second-order valence-corrected chi connectivity index (χ2v) is 13.5. The SMILES string of the molecule is CNC(=O)C(C)(C)C[C@H]1C[C@H](c2ccc(OC)cc2)[C@@H](OCc2ccc3c(c2)N(CCCOC)CCO3)CN1C(=O)C(N)C(C)C. The number of ether oxygens (including phenoxy) is 4. The van der Waals surface area contributed by atoms with Crippen molar-refractivity contribution in [3.05, 3.63) is 53.6 Å². The van der Waals surface area contributed by atoms with Gasteiger partial charge in [-0.05, 0) is 60.6 Å². The van der Waals surface area contributed by atoms with Crippen molar-refractivity contribution in [1.29, 1.82) is 0 Å². The monoisotopic (exact) mass is 638 g/mol. The van der Waals surface area contributed by atoms with Crippen LogP contribution in [0, 0.1) is 11.3 Å². The maximum atomic E-state index is 13.9. The van der Waals surface area contributed by atoms with Gasteiger partial charge in [-0.25, -0.2) is 0 Å². The summed E-state index contributed by atoms with van der Waals surface area (Å²) in [7, 11) is 5.03. The van der Waals surface area contributed by atoms with Crippen LogP contribution in [0.15, 0.2) is 42.5 Å². The van der Waals surface area contributed by atoms with E-state index in [0.717, 1.165) is 47.8 Å². The molecule has 3 N–H and O–H groups in total. The van der Waals surface area contributed by atoms with Gasteiger partial charge in [0.1, 0.15) is 18.1 Å². The van der Waals surface area contributed by atoms with Gasteiger partial charge in [0.2, 0.25) is 11.8 Å². The highest BCUT2D eigenvalue weighted by Gasteiger charge is 2.44. The van der Waals surface area contributed by atoms with E-state index in [1.165, 1.54) is 0 Å². The van der Waals surface area contributed by atoms with E-state index < -0.39 is 11.5 Å². The van der Waals surface area contributed by atoms with Crippen molar-refractivity contribution in [2.45, 2.75) is 77.7 Å². The topological polar surface area (TPSA) is 116 Å². The fraction of sp³-hybridized carbons (Fsp3) is 0.611. The Morgan fingerprint density at radius 3 is 2.52 bits per heavy atom. The van der Waals surface area contributed by atoms with Gasteiger partial charge >= 0.3 is 0 Å². The first kappa shape index (κ1) is 35.5. The number of nitrogens with zero attached hydrogens (tertiary/aromatic N) is 2. The fourth-order valence-electron chi connectivity index (χ4n) is 6.62. The lowest BCUT2D eigenvalue weighted by molar-refractivity contribution is -0.146. The number of piperidine rings is 1. The number of likely N-dealkylation sites (tertiary alicyclic amines) is 1. The number of anilines is 1. The van der Waals surface area contributed by atoms with Crippen LogP contribution in [0.25, 0.3) is 0 Å². The predicted molar refractivity (Wildman–Crippen MR) is 180 cm³/mol. The van der Waals surface area contributed by atoms with Crippen LogP contribution in [0.5, 0.6) is 11.5 Å². The number of carbonyl (C=O) groups is 2. The molecule has 1 saturated heterocycles. The molecule has 10 heteroatoms. The van der Waals surface area contributed by atoms with Crippen molar-refractivity contribution >= 4 is 17.5 Å². The van der Waals surface area contributed by atoms with Gasteiger partial charge in [-0.3, -0.25) is 9.59 Å². The molecule has 254 valence electrons. The molecule has 46 heavy (non-hydrogen) atoms. The molecule has 0 radical (unpaired) electrons. The van der Waals surface area contributed by atoms with Crippen LogP contribution >= 0.6 is 0 Å². The third kappa shape index (κ3) is 8.52. The standard InChI is InChI=1S/C36H54N4O6/c1-24(2)33(37)34(41)40-22-32(46-23-25-9-14-31-30(19-25)39(16-18-45-31)15-8-17-43-6)29(26-10-12-28(44-7)13-11-26)20-27(40)21-36(3,4)35(42)38-5/h9-14,19,24,27,29,32-33H,8,15-18,20-23,37H2,1-7H3,(H,38,42)/t27-,29-,32+,33?/m1/s1. The summed E-state index contributed by atoms with van der Waals surface area (Å²) in [5.41, 5.74) is 8.99. The number of nitrogens with two attached hydrogens (primary N) is 1. The third-order valence-electron chi connectivity index (χ3n) is 9.43. The van der Waals surface area contributed by atoms with E-state index in [9.17, 15) is 9.59 Å². The summed E-state index contributed by atoms with van der Waals surface area (Å²) in [6.07, 6.45) is 1.79. The van der Waals surface area contributed by atoms with Crippen molar-refractivity contribution in [1.82, 2.24) is 10.2 Å². The highest BCUT2D eigenvalue weighted by atomic mass is 16.5. The predicted octanol–water partition coefficient (Wildman–Crippen LogP) is 4.35. The van der Waals surface area contributed by atoms with Crippen LogP contribution in [0.2, 0.25) is 0 Å². The van der Waals surface area contributed by atoms with E-state index in [1.54, 1.807) is 21.3 Å². The first-order chi connectivity index (χ1) is 22.0. The van der Waals surface area contributed by atoms with Gasteiger partial charge < -0.3 is 39.8 Å². The van der Waals surface area contributed by atoms with Crippen LogP contribution in [0.1, 0.15) is 64.0 Å². The van der Waals surface area contributed by atoms with Crippen LogP contribution in [-0.4, -0.2) is 89.0 Å². The Morgan fingerprint density at radius 1 is 1.13 bits per heavy atom. The number of carbonyl (C=O) groups excluding carboxylic acids is 2. The van der Waals surface area contributed by atoms with E-state index in [4.69, 9.17) is 24.7 Å². The normalized spacial score (nSPS) is 20.6. The van der Waals surface area contributed by atoms with Gasteiger partial charge in [0, 0.05) is 51.2 Å². The van der Waals surface area contributed by atoms with Crippen LogP contribution in [0.4, 0.5) is 5.69 Å². The molecule has 0 aliphatic carbocycles. The Morgan fingerprint density at radius 2 is 1.87 bits per heavy atom. The molecule has 2 aromatic rings. The molecule has 1 unspecified atom stereocenters. The molecule has 10 nitrogen and oxygen atoms in total. The van der Waals surface area contributed by atoms with E-state index in [2.05, 4.69) is 34.5 Å². The minimum atomic E-state index is -0.682. The van der Waals surface area contributed by atoms with Crippen LogP contribution in [-0.2, 0) is 25.7 Å². The molecule has 0 saturated carbocycles. The van der Waals surface area contributed by atoms with Gasteiger partial charge in [-0.2, -0.15) is 0 Å². The summed E-state index contributed by atoms with van der Waals surface area (Å²) in [4.78, 5) is 31.0. The molecule has 2 aromatic carbocycles. The molecule has 0 bridgehead atoms. The smallest absolute Gasteiger partial charge is 0.240 e. The van der Waals surface area contributed by atoms with Crippen LogP contribution in [0.3, 0.4) is 0 Å². The second kappa shape index (κ2) is 16.0. The van der Waals surface area contributed by atoms with Crippen molar-refractivity contribution in [3.8, 4) is 11.5 Å². The molecule has 2 aliphatic heterocycles. The molecule has 1 fully saturated rings.